The van der Waals surface area contributed by atoms with E-state index in [0.717, 1.165) is 39.7 Å². The second kappa shape index (κ2) is 16.1. The van der Waals surface area contributed by atoms with Gasteiger partial charge in [0.25, 0.3) is 0 Å². The van der Waals surface area contributed by atoms with Crippen LogP contribution in [0.1, 0.15) is 99.8 Å². The Bertz CT molecular complexity index is 3010. The van der Waals surface area contributed by atoms with Crippen molar-refractivity contribution in [3.05, 3.63) is 180 Å². The normalized spacial score (nSPS) is 13.8. The van der Waals surface area contributed by atoms with Gasteiger partial charge in [0, 0.05) is 57.8 Å². The third-order valence-corrected chi connectivity index (χ3v) is 12.8. The molecule has 6 aromatic carbocycles. The average molecular weight is 857 g/mol. The Morgan fingerprint density at radius 3 is 1.68 bits per heavy atom. The lowest BCUT2D eigenvalue weighted by Crippen LogP contribution is -2.31. The van der Waals surface area contributed by atoms with Crippen LogP contribution < -0.4 is 14.5 Å². The van der Waals surface area contributed by atoms with E-state index in [1.54, 1.807) is 0 Å². The molecule has 0 spiro atoms. The van der Waals surface area contributed by atoms with Crippen molar-refractivity contribution in [1.82, 2.24) is 9.55 Å². The molecule has 5 heteroatoms. The molecule has 65 heavy (non-hydrogen) atoms. The standard InChI is InChI=1S/C60H64N4O/c1-57(2,3)42-29-30-61-55(33-42)64-52-26-20-19-25-48(52)49-28-27-46(37-53(49)64)65-47-32-43(58(4,5)6)31-45(34-47)63-39-62(38-54(63)59(7,8)9)44-35-50(40-21-15-13-16-22-40)56(60(10,11)12)51(36-44)41-23-17-14-18-24-41/h13-38H,39H2,1-12H3. The van der Waals surface area contributed by atoms with Gasteiger partial charge in [-0.15, -0.1) is 0 Å². The summed E-state index contributed by atoms with van der Waals surface area (Å²) < 4.78 is 9.28. The van der Waals surface area contributed by atoms with Gasteiger partial charge in [0.05, 0.1) is 17.7 Å². The van der Waals surface area contributed by atoms with Gasteiger partial charge in [-0.25, -0.2) is 4.98 Å². The first-order chi connectivity index (χ1) is 30.7. The van der Waals surface area contributed by atoms with E-state index in [1.165, 1.54) is 55.4 Å². The fraction of sp³-hybridized carbons (Fsp3) is 0.283. The third kappa shape index (κ3) is 8.57. The summed E-state index contributed by atoms with van der Waals surface area (Å²) in [6, 6.07) is 52.8. The monoisotopic (exact) mass is 857 g/mol. The van der Waals surface area contributed by atoms with Gasteiger partial charge in [-0.3, -0.25) is 4.57 Å². The maximum absolute atomic E-state index is 7.00. The van der Waals surface area contributed by atoms with Gasteiger partial charge >= 0.3 is 0 Å². The Balaban J connectivity index is 1.15. The maximum Gasteiger partial charge on any atom is 0.137 e. The number of hydrogen-bond acceptors (Lipinski definition) is 4. The third-order valence-electron chi connectivity index (χ3n) is 12.8. The van der Waals surface area contributed by atoms with Crippen LogP contribution in [0.5, 0.6) is 11.5 Å². The van der Waals surface area contributed by atoms with E-state index in [2.05, 4.69) is 249 Å². The van der Waals surface area contributed by atoms with Crippen LogP contribution in [0.15, 0.2) is 164 Å². The van der Waals surface area contributed by atoms with Crippen molar-refractivity contribution >= 4 is 33.2 Å². The van der Waals surface area contributed by atoms with E-state index < -0.39 is 0 Å². The zero-order valence-electron chi connectivity index (χ0n) is 40.4. The smallest absolute Gasteiger partial charge is 0.137 e. The zero-order chi connectivity index (χ0) is 46.1. The van der Waals surface area contributed by atoms with Crippen LogP contribution in [0.4, 0.5) is 11.4 Å². The largest absolute Gasteiger partial charge is 0.457 e. The number of anilines is 2. The number of allylic oxidation sites excluding steroid dienone is 1. The quantitative estimate of drug-likeness (QED) is 0.160. The number of pyridine rings is 1. The number of aromatic nitrogens is 2. The van der Waals surface area contributed by atoms with Gasteiger partial charge in [-0.1, -0.05) is 162 Å². The second-order valence-corrected chi connectivity index (χ2v) is 22.0. The van der Waals surface area contributed by atoms with Crippen molar-refractivity contribution in [2.45, 2.75) is 99.3 Å². The highest BCUT2D eigenvalue weighted by Crippen LogP contribution is 2.47. The highest BCUT2D eigenvalue weighted by Gasteiger charge is 2.34. The summed E-state index contributed by atoms with van der Waals surface area (Å²) in [7, 11) is 0. The van der Waals surface area contributed by atoms with Crippen LogP contribution in [0.25, 0.3) is 49.9 Å². The number of nitrogens with zero attached hydrogens (tertiary/aromatic N) is 4. The van der Waals surface area contributed by atoms with E-state index in [4.69, 9.17) is 9.72 Å². The number of benzene rings is 6. The molecule has 1 aliphatic rings. The maximum atomic E-state index is 7.00. The summed E-state index contributed by atoms with van der Waals surface area (Å²) in [5.41, 5.74) is 14.1. The first kappa shape index (κ1) is 43.7. The molecule has 8 aromatic rings. The fourth-order valence-electron chi connectivity index (χ4n) is 9.39. The summed E-state index contributed by atoms with van der Waals surface area (Å²) in [5.74, 6) is 2.49. The number of ether oxygens (including phenoxy) is 1. The summed E-state index contributed by atoms with van der Waals surface area (Å²) >= 11 is 0. The van der Waals surface area contributed by atoms with Crippen molar-refractivity contribution in [2.75, 3.05) is 16.5 Å². The molecule has 0 saturated heterocycles. The molecule has 0 bridgehead atoms. The zero-order valence-corrected chi connectivity index (χ0v) is 40.4. The predicted molar refractivity (Wildman–Crippen MR) is 276 cm³/mol. The molecule has 3 heterocycles. The topological polar surface area (TPSA) is 33.5 Å². The van der Waals surface area contributed by atoms with Gasteiger partial charge in [0.2, 0.25) is 0 Å². The summed E-state index contributed by atoms with van der Waals surface area (Å²) in [4.78, 5) is 9.84. The van der Waals surface area contributed by atoms with Crippen LogP contribution in [-0.4, -0.2) is 16.2 Å². The van der Waals surface area contributed by atoms with E-state index in [9.17, 15) is 0 Å². The minimum atomic E-state index is -0.153. The predicted octanol–water partition coefficient (Wildman–Crippen LogP) is 16.4. The fourth-order valence-corrected chi connectivity index (χ4v) is 9.39. The molecule has 5 nitrogen and oxygen atoms in total. The number of rotatable bonds is 7. The lowest BCUT2D eigenvalue weighted by Gasteiger charge is -2.33. The average Bonchev–Trinajstić information content (AvgIpc) is 3.87. The lowest BCUT2D eigenvalue weighted by atomic mass is 9.77. The SMILES string of the molecule is CC(C)(C)C1=CN(c2cc(-c3ccccc3)c(C(C)(C)C)c(-c3ccccc3)c2)CN1c1cc(Oc2ccc3c4ccccc4n(-c4cc(C(C)(C)C)ccn4)c3c2)cc(C(C)(C)C)c1. The van der Waals surface area contributed by atoms with Crippen molar-refractivity contribution in [1.29, 1.82) is 0 Å². The van der Waals surface area contributed by atoms with Crippen LogP contribution in [-0.2, 0) is 16.2 Å². The number of para-hydroxylation sites is 1. The molecule has 9 rings (SSSR count). The lowest BCUT2D eigenvalue weighted by molar-refractivity contribution is 0.477. The molecular weight excluding hydrogens is 793 g/mol. The molecule has 0 N–H and O–H groups in total. The van der Waals surface area contributed by atoms with Gasteiger partial charge in [0.1, 0.15) is 17.3 Å². The van der Waals surface area contributed by atoms with Gasteiger partial charge < -0.3 is 14.5 Å². The molecule has 0 fully saturated rings. The Labute approximate surface area is 387 Å². The first-order valence-corrected chi connectivity index (χ1v) is 23.1. The summed E-state index contributed by atoms with van der Waals surface area (Å²) in [6.45, 7) is 28.2. The Kier molecular flexibility index (Phi) is 10.8. The summed E-state index contributed by atoms with van der Waals surface area (Å²) in [5, 5.41) is 2.35. The second-order valence-electron chi connectivity index (χ2n) is 22.0. The Hall–Kier alpha value is -6.59. The van der Waals surface area contributed by atoms with Gasteiger partial charge in [0.15, 0.2) is 0 Å². The molecule has 2 aromatic heterocycles. The molecule has 0 saturated carbocycles. The number of hydrogen-bond donors (Lipinski definition) is 0. The molecule has 1 aliphatic heterocycles. The van der Waals surface area contributed by atoms with E-state index >= 15 is 0 Å². The molecule has 0 amide bonds. The van der Waals surface area contributed by atoms with Crippen LogP contribution in [0, 0.1) is 5.41 Å². The first-order valence-electron chi connectivity index (χ1n) is 23.1. The highest BCUT2D eigenvalue weighted by atomic mass is 16.5. The van der Waals surface area contributed by atoms with Crippen LogP contribution in [0.3, 0.4) is 0 Å². The van der Waals surface area contributed by atoms with Crippen molar-refractivity contribution < 1.29 is 4.74 Å². The molecule has 0 atom stereocenters. The Morgan fingerprint density at radius 2 is 1.08 bits per heavy atom. The van der Waals surface area contributed by atoms with E-state index in [1.807, 2.05) is 6.20 Å². The van der Waals surface area contributed by atoms with Crippen molar-refractivity contribution in [2.24, 2.45) is 5.41 Å². The minimum Gasteiger partial charge on any atom is -0.457 e. The van der Waals surface area contributed by atoms with Gasteiger partial charge in [-0.05, 0) is 110 Å². The number of fused-ring (bicyclic) bond motifs is 3. The molecule has 0 radical (unpaired) electrons. The minimum absolute atomic E-state index is 0.0119. The molecule has 0 aliphatic carbocycles. The van der Waals surface area contributed by atoms with Gasteiger partial charge in [-0.2, -0.15) is 0 Å². The summed E-state index contributed by atoms with van der Waals surface area (Å²) in [6.07, 6.45) is 4.30. The highest BCUT2D eigenvalue weighted by molar-refractivity contribution is 6.09. The van der Waals surface area contributed by atoms with Crippen LogP contribution in [0.2, 0.25) is 0 Å². The molecule has 330 valence electrons. The van der Waals surface area contributed by atoms with E-state index in [-0.39, 0.29) is 21.7 Å². The molecule has 0 unspecified atom stereocenters. The van der Waals surface area contributed by atoms with E-state index in [0.29, 0.717) is 6.67 Å². The van der Waals surface area contributed by atoms with Crippen LogP contribution >= 0.6 is 0 Å². The van der Waals surface area contributed by atoms with Crippen molar-refractivity contribution in [3.8, 4) is 39.6 Å². The van der Waals surface area contributed by atoms with Crippen molar-refractivity contribution in [3.63, 3.8) is 0 Å². The molecular formula is C60H64N4O. The Morgan fingerprint density at radius 1 is 0.477 bits per heavy atom.